The molecule has 2 aromatic heterocycles. The van der Waals surface area contributed by atoms with Gasteiger partial charge in [-0.05, 0) is 44.2 Å². The molecule has 0 saturated heterocycles. The van der Waals surface area contributed by atoms with Crippen LogP contribution in [0.2, 0.25) is 0 Å². The van der Waals surface area contributed by atoms with E-state index in [2.05, 4.69) is 25.5 Å². The fourth-order valence-electron chi connectivity index (χ4n) is 2.32. The largest absolute Gasteiger partial charge is 0.464 e. The maximum absolute atomic E-state index is 6.27. The molecule has 0 aliphatic rings. The lowest BCUT2D eigenvalue weighted by Crippen LogP contribution is -2.05. The van der Waals surface area contributed by atoms with Gasteiger partial charge in [0.1, 0.15) is 17.3 Å². The molecule has 20 heavy (non-hydrogen) atoms. The zero-order valence-corrected chi connectivity index (χ0v) is 13.6. The van der Waals surface area contributed by atoms with Crippen LogP contribution in [0.4, 0.5) is 0 Å². The summed E-state index contributed by atoms with van der Waals surface area (Å²) < 4.78 is 8.78. The molecule has 1 atom stereocenters. The average molecular weight is 354 g/mol. The van der Waals surface area contributed by atoms with E-state index in [0.29, 0.717) is 6.54 Å². The molecule has 104 valence electrons. The summed E-state index contributed by atoms with van der Waals surface area (Å²) in [7, 11) is 0. The molecule has 3 rings (SSSR count). The monoisotopic (exact) mass is 352 g/mol. The van der Waals surface area contributed by atoms with E-state index >= 15 is 0 Å². The first-order valence-corrected chi connectivity index (χ1v) is 7.62. The molecular weight excluding hydrogens is 340 g/mol. The van der Waals surface area contributed by atoms with Crippen molar-refractivity contribution in [1.29, 1.82) is 0 Å². The summed E-state index contributed by atoms with van der Waals surface area (Å²) in [5, 5.41) is -0.155. The third kappa shape index (κ3) is 2.50. The van der Waals surface area contributed by atoms with Crippen molar-refractivity contribution in [3.63, 3.8) is 0 Å². The third-order valence-corrected chi connectivity index (χ3v) is 3.89. The predicted octanol–water partition coefficient (Wildman–Crippen LogP) is 5.05. The van der Waals surface area contributed by atoms with E-state index in [1.165, 1.54) is 0 Å². The first-order valence-electron chi connectivity index (χ1n) is 6.39. The number of alkyl halides is 1. The van der Waals surface area contributed by atoms with Gasteiger partial charge in [-0.2, -0.15) is 0 Å². The quantitative estimate of drug-likeness (QED) is 0.617. The Morgan fingerprint density at radius 3 is 2.80 bits per heavy atom. The van der Waals surface area contributed by atoms with E-state index in [1.807, 2.05) is 44.2 Å². The van der Waals surface area contributed by atoms with Gasteiger partial charge in [0.2, 0.25) is 0 Å². The lowest BCUT2D eigenvalue weighted by atomic mass is 10.3. The van der Waals surface area contributed by atoms with E-state index in [0.717, 1.165) is 32.9 Å². The summed E-state index contributed by atoms with van der Waals surface area (Å²) in [6.45, 7) is 4.51. The second-order valence-electron chi connectivity index (χ2n) is 4.82. The molecule has 3 aromatic rings. The first kappa shape index (κ1) is 13.7. The highest BCUT2D eigenvalue weighted by Gasteiger charge is 2.16. The maximum Gasteiger partial charge on any atom is 0.128 e. The second-order valence-corrected chi connectivity index (χ2v) is 6.39. The number of aromatic nitrogens is 2. The van der Waals surface area contributed by atoms with E-state index in [1.54, 1.807) is 0 Å². The molecule has 0 spiro atoms. The van der Waals surface area contributed by atoms with E-state index in [-0.39, 0.29) is 5.38 Å². The summed E-state index contributed by atoms with van der Waals surface area (Å²) in [5.74, 6) is 2.67. The molecule has 0 amide bonds. The zero-order chi connectivity index (χ0) is 14.3. The van der Waals surface area contributed by atoms with Crippen molar-refractivity contribution in [2.75, 3.05) is 0 Å². The van der Waals surface area contributed by atoms with Gasteiger partial charge in [-0.25, -0.2) is 4.98 Å². The summed E-state index contributed by atoms with van der Waals surface area (Å²) in [6, 6.07) is 10.0. The smallest absolute Gasteiger partial charge is 0.128 e. The molecule has 2 heterocycles. The highest BCUT2D eigenvalue weighted by Crippen LogP contribution is 2.27. The van der Waals surface area contributed by atoms with Gasteiger partial charge >= 0.3 is 0 Å². The van der Waals surface area contributed by atoms with Crippen LogP contribution in [0.15, 0.2) is 39.2 Å². The SMILES string of the molecule is Cc1ccc(Cn2c(C(C)Cl)nc3cc(Br)ccc32)o1. The van der Waals surface area contributed by atoms with Crippen molar-refractivity contribution < 1.29 is 4.42 Å². The zero-order valence-electron chi connectivity index (χ0n) is 11.2. The minimum Gasteiger partial charge on any atom is -0.464 e. The van der Waals surface area contributed by atoms with Crippen molar-refractivity contribution in [1.82, 2.24) is 9.55 Å². The second kappa shape index (κ2) is 5.26. The van der Waals surface area contributed by atoms with Crippen LogP contribution >= 0.6 is 27.5 Å². The van der Waals surface area contributed by atoms with Gasteiger partial charge in [0.25, 0.3) is 0 Å². The van der Waals surface area contributed by atoms with Crippen LogP contribution in [0.1, 0.15) is 29.6 Å². The van der Waals surface area contributed by atoms with Gasteiger partial charge in [0, 0.05) is 4.47 Å². The Kier molecular flexibility index (Phi) is 3.61. The Labute approximate surface area is 130 Å². The Morgan fingerprint density at radius 2 is 2.15 bits per heavy atom. The molecule has 0 radical (unpaired) electrons. The number of nitrogens with zero attached hydrogens (tertiary/aromatic N) is 2. The molecule has 0 bridgehead atoms. The number of fused-ring (bicyclic) bond motifs is 1. The van der Waals surface area contributed by atoms with Gasteiger partial charge in [-0.15, -0.1) is 11.6 Å². The molecule has 1 unspecified atom stereocenters. The molecule has 0 aliphatic heterocycles. The Bertz CT molecular complexity index is 760. The van der Waals surface area contributed by atoms with E-state index in [9.17, 15) is 0 Å². The van der Waals surface area contributed by atoms with Crippen molar-refractivity contribution in [2.24, 2.45) is 0 Å². The van der Waals surface area contributed by atoms with Crippen LogP contribution in [-0.2, 0) is 6.54 Å². The number of rotatable bonds is 3. The van der Waals surface area contributed by atoms with Crippen molar-refractivity contribution in [3.8, 4) is 0 Å². The van der Waals surface area contributed by atoms with Crippen LogP contribution in [0.5, 0.6) is 0 Å². The minimum atomic E-state index is -0.155. The van der Waals surface area contributed by atoms with E-state index in [4.69, 9.17) is 16.0 Å². The lowest BCUT2D eigenvalue weighted by molar-refractivity contribution is 0.469. The fraction of sp³-hybridized carbons (Fsp3) is 0.267. The lowest BCUT2D eigenvalue weighted by Gasteiger charge is -2.08. The molecular formula is C15H14BrClN2O. The molecule has 5 heteroatoms. The topological polar surface area (TPSA) is 31.0 Å². The summed E-state index contributed by atoms with van der Waals surface area (Å²) >= 11 is 9.74. The van der Waals surface area contributed by atoms with Gasteiger partial charge in [0.15, 0.2) is 0 Å². The summed E-state index contributed by atoms with van der Waals surface area (Å²) in [4.78, 5) is 4.64. The number of furan rings is 1. The molecule has 0 saturated carbocycles. The van der Waals surface area contributed by atoms with Gasteiger partial charge in [-0.3, -0.25) is 0 Å². The van der Waals surface area contributed by atoms with Crippen LogP contribution in [-0.4, -0.2) is 9.55 Å². The number of benzene rings is 1. The Hall–Kier alpha value is -1.26. The van der Waals surface area contributed by atoms with Crippen LogP contribution < -0.4 is 0 Å². The highest BCUT2D eigenvalue weighted by atomic mass is 79.9. The molecule has 0 aliphatic carbocycles. The van der Waals surface area contributed by atoms with Crippen molar-refractivity contribution in [2.45, 2.75) is 25.8 Å². The molecule has 0 fully saturated rings. The predicted molar refractivity (Wildman–Crippen MR) is 84.2 cm³/mol. The number of halogens is 2. The summed E-state index contributed by atoms with van der Waals surface area (Å²) in [6.07, 6.45) is 0. The molecule has 3 nitrogen and oxygen atoms in total. The van der Waals surface area contributed by atoms with Gasteiger partial charge in [-0.1, -0.05) is 15.9 Å². The molecule has 1 aromatic carbocycles. The number of aryl methyl sites for hydroxylation is 1. The van der Waals surface area contributed by atoms with E-state index < -0.39 is 0 Å². The Balaban J connectivity index is 2.13. The Morgan fingerprint density at radius 1 is 1.35 bits per heavy atom. The maximum atomic E-state index is 6.27. The van der Waals surface area contributed by atoms with Gasteiger partial charge in [0.05, 0.1) is 23.0 Å². The first-order chi connectivity index (χ1) is 9.54. The van der Waals surface area contributed by atoms with Crippen LogP contribution in [0.3, 0.4) is 0 Å². The van der Waals surface area contributed by atoms with Crippen LogP contribution in [0, 0.1) is 6.92 Å². The summed E-state index contributed by atoms with van der Waals surface area (Å²) in [5.41, 5.74) is 2.00. The fourth-order valence-corrected chi connectivity index (χ4v) is 2.83. The molecule has 0 N–H and O–H groups in total. The number of hydrogen-bond acceptors (Lipinski definition) is 2. The normalized spacial score (nSPS) is 13.0. The third-order valence-electron chi connectivity index (χ3n) is 3.21. The van der Waals surface area contributed by atoms with Crippen LogP contribution in [0.25, 0.3) is 11.0 Å². The number of hydrogen-bond donors (Lipinski definition) is 0. The highest BCUT2D eigenvalue weighted by molar-refractivity contribution is 9.10. The average Bonchev–Trinajstić information content (AvgIpc) is 2.94. The number of imidazole rings is 1. The standard InChI is InChI=1S/C15H14BrClN2O/c1-9-3-5-12(20-9)8-19-14-6-4-11(16)7-13(14)18-15(19)10(2)17/h3-7,10H,8H2,1-2H3. The minimum absolute atomic E-state index is 0.155. The van der Waals surface area contributed by atoms with Crippen molar-refractivity contribution in [3.05, 3.63) is 52.1 Å². The van der Waals surface area contributed by atoms with Gasteiger partial charge < -0.3 is 8.98 Å². The van der Waals surface area contributed by atoms with Crippen molar-refractivity contribution >= 4 is 38.6 Å².